The van der Waals surface area contributed by atoms with E-state index in [4.69, 9.17) is 0 Å². The van der Waals surface area contributed by atoms with Gasteiger partial charge in [0, 0.05) is 11.5 Å². The number of carbonyl (C=O) groups excluding carboxylic acids is 1. The second kappa shape index (κ2) is 6.13. The standard InChI is InChI=1S/C17H20F4O2/c1-10-5-4-8-16(2,3)14(10)15(22)11-6-7-13(12(18)9-11)23-17(19,20)21/h6-7,9-10,14H,4-5,8H2,1-3H3/t10-,14+/m0/s1. The van der Waals surface area contributed by atoms with Crippen LogP contribution >= 0.6 is 0 Å². The van der Waals surface area contributed by atoms with Crippen LogP contribution in [0.2, 0.25) is 0 Å². The number of alkyl halides is 3. The van der Waals surface area contributed by atoms with E-state index in [-0.39, 0.29) is 28.6 Å². The molecule has 0 bridgehead atoms. The van der Waals surface area contributed by atoms with Crippen molar-refractivity contribution in [1.82, 2.24) is 0 Å². The zero-order valence-electron chi connectivity index (χ0n) is 13.3. The van der Waals surface area contributed by atoms with Crippen LogP contribution < -0.4 is 4.74 Å². The third-order valence-corrected chi connectivity index (χ3v) is 4.62. The summed E-state index contributed by atoms with van der Waals surface area (Å²) in [5.74, 6) is -2.45. The molecule has 1 aliphatic carbocycles. The third kappa shape index (κ3) is 4.03. The minimum atomic E-state index is -4.97. The van der Waals surface area contributed by atoms with E-state index in [9.17, 15) is 22.4 Å². The first-order valence-electron chi connectivity index (χ1n) is 7.61. The van der Waals surface area contributed by atoms with Gasteiger partial charge in [0.05, 0.1) is 0 Å². The van der Waals surface area contributed by atoms with E-state index in [2.05, 4.69) is 4.74 Å². The average Bonchev–Trinajstić information content (AvgIpc) is 2.38. The first-order chi connectivity index (χ1) is 10.5. The molecule has 128 valence electrons. The van der Waals surface area contributed by atoms with Crippen LogP contribution in [0.5, 0.6) is 5.75 Å². The molecule has 2 atom stereocenters. The van der Waals surface area contributed by atoms with E-state index in [1.807, 2.05) is 20.8 Å². The van der Waals surface area contributed by atoms with Crippen molar-refractivity contribution in [2.24, 2.45) is 17.3 Å². The topological polar surface area (TPSA) is 26.3 Å². The van der Waals surface area contributed by atoms with E-state index in [0.29, 0.717) is 0 Å². The number of halogens is 4. The van der Waals surface area contributed by atoms with Gasteiger partial charge in [-0.2, -0.15) is 0 Å². The summed E-state index contributed by atoms with van der Waals surface area (Å²) in [6.07, 6.45) is -2.13. The van der Waals surface area contributed by atoms with E-state index in [1.54, 1.807) is 0 Å². The average molecular weight is 332 g/mol. The quantitative estimate of drug-likeness (QED) is 0.549. The van der Waals surface area contributed by atoms with E-state index < -0.39 is 17.9 Å². The highest BCUT2D eigenvalue weighted by molar-refractivity contribution is 5.98. The van der Waals surface area contributed by atoms with Crippen LogP contribution in [-0.2, 0) is 0 Å². The molecule has 0 heterocycles. The lowest BCUT2D eigenvalue weighted by molar-refractivity contribution is -0.275. The number of hydrogen-bond acceptors (Lipinski definition) is 2. The fourth-order valence-corrected chi connectivity index (χ4v) is 3.63. The molecule has 23 heavy (non-hydrogen) atoms. The van der Waals surface area contributed by atoms with Crippen LogP contribution in [0.25, 0.3) is 0 Å². The molecule has 1 aromatic carbocycles. The molecular weight excluding hydrogens is 312 g/mol. The summed E-state index contributed by atoms with van der Waals surface area (Å²) < 4.78 is 53.9. The molecule has 2 rings (SSSR count). The second-order valence-electron chi connectivity index (χ2n) is 6.89. The lowest BCUT2D eigenvalue weighted by Crippen LogP contribution is -2.39. The molecule has 1 saturated carbocycles. The second-order valence-corrected chi connectivity index (χ2v) is 6.89. The van der Waals surface area contributed by atoms with Gasteiger partial charge in [-0.15, -0.1) is 13.2 Å². The van der Waals surface area contributed by atoms with Gasteiger partial charge in [0.25, 0.3) is 0 Å². The van der Waals surface area contributed by atoms with Gasteiger partial charge in [-0.3, -0.25) is 4.79 Å². The van der Waals surface area contributed by atoms with Gasteiger partial charge in [-0.25, -0.2) is 4.39 Å². The molecule has 0 spiro atoms. The number of hydrogen-bond donors (Lipinski definition) is 0. The van der Waals surface area contributed by atoms with Crippen LogP contribution in [0.4, 0.5) is 17.6 Å². The molecule has 0 N–H and O–H groups in total. The minimum absolute atomic E-state index is 0.0869. The number of ketones is 1. The highest BCUT2D eigenvalue weighted by atomic mass is 19.4. The minimum Gasteiger partial charge on any atom is -0.403 e. The van der Waals surface area contributed by atoms with Crippen molar-refractivity contribution >= 4 is 5.78 Å². The SMILES string of the molecule is C[C@H]1CCCC(C)(C)[C@H]1C(=O)c1ccc(OC(F)(F)F)c(F)c1. The maximum atomic E-state index is 13.8. The van der Waals surface area contributed by atoms with Crippen molar-refractivity contribution in [3.05, 3.63) is 29.6 Å². The summed E-state index contributed by atoms with van der Waals surface area (Å²) in [6, 6.07) is 2.89. The molecule has 0 amide bonds. The van der Waals surface area contributed by atoms with Crippen LogP contribution in [-0.4, -0.2) is 12.1 Å². The lowest BCUT2D eigenvalue weighted by atomic mass is 9.62. The number of benzene rings is 1. The maximum Gasteiger partial charge on any atom is 0.573 e. The largest absolute Gasteiger partial charge is 0.573 e. The van der Waals surface area contributed by atoms with Gasteiger partial charge in [0.2, 0.25) is 0 Å². The van der Waals surface area contributed by atoms with E-state index >= 15 is 0 Å². The number of rotatable bonds is 3. The van der Waals surface area contributed by atoms with Crippen molar-refractivity contribution in [2.45, 2.75) is 46.4 Å². The molecule has 0 aliphatic heterocycles. The Morgan fingerprint density at radius 3 is 2.48 bits per heavy atom. The molecule has 6 heteroatoms. The Morgan fingerprint density at radius 2 is 1.96 bits per heavy atom. The normalized spacial score (nSPS) is 24.3. The monoisotopic (exact) mass is 332 g/mol. The zero-order valence-corrected chi connectivity index (χ0v) is 13.3. The van der Waals surface area contributed by atoms with Gasteiger partial charge in [-0.05, 0) is 42.4 Å². The molecule has 0 aromatic heterocycles. The molecule has 1 aliphatic rings. The van der Waals surface area contributed by atoms with Crippen LogP contribution in [0.3, 0.4) is 0 Å². The molecule has 0 saturated heterocycles. The summed E-state index contributed by atoms with van der Waals surface area (Å²) in [7, 11) is 0. The van der Waals surface area contributed by atoms with Crippen molar-refractivity contribution in [3.8, 4) is 5.75 Å². The summed E-state index contributed by atoms with van der Waals surface area (Å²) in [6.45, 7) is 5.99. The molecule has 1 fully saturated rings. The molecule has 0 unspecified atom stereocenters. The first-order valence-corrected chi connectivity index (χ1v) is 7.61. The van der Waals surface area contributed by atoms with Gasteiger partial charge in [0.15, 0.2) is 17.3 Å². The Kier molecular flexibility index (Phi) is 4.74. The van der Waals surface area contributed by atoms with Crippen LogP contribution in [0.1, 0.15) is 50.4 Å². The van der Waals surface area contributed by atoms with Crippen LogP contribution in [0, 0.1) is 23.1 Å². The zero-order chi connectivity index (χ0) is 17.4. The third-order valence-electron chi connectivity index (χ3n) is 4.62. The first kappa shape index (κ1) is 17.8. The number of ether oxygens (including phenoxy) is 1. The van der Waals surface area contributed by atoms with Gasteiger partial charge < -0.3 is 4.74 Å². The number of Topliss-reactive ketones (excluding diaryl/α,β-unsaturated/α-hetero) is 1. The Balaban J connectivity index is 2.28. The molecule has 2 nitrogen and oxygen atoms in total. The summed E-state index contributed by atoms with van der Waals surface area (Å²) >= 11 is 0. The van der Waals surface area contributed by atoms with Gasteiger partial charge in [-0.1, -0.05) is 27.2 Å². The smallest absolute Gasteiger partial charge is 0.403 e. The van der Waals surface area contributed by atoms with Crippen molar-refractivity contribution in [1.29, 1.82) is 0 Å². The highest BCUT2D eigenvalue weighted by Gasteiger charge is 2.42. The molecule has 0 radical (unpaired) electrons. The Hall–Kier alpha value is -1.59. The maximum absolute atomic E-state index is 13.8. The van der Waals surface area contributed by atoms with Gasteiger partial charge >= 0.3 is 6.36 Å². The number of carbonyl (C=O) groups is 1. The lowest BCUT2D eigenvalue weighted by Gasteiger charge is -2.42. The van der Waals surface area contributed by atoms with E-state index in [1.165, 1.54) is 6.07 Å². The molecule has 1 aromatic rings. The summed E-state index contributed by atoms with van der Waals surface area (Å²) in [4.78, 5) is 12.7. The Morgan fingerprint density at radius 1 is 1.30 bits per heavy atom. The Bertz CT molecular complexity index is 593. The van der Waals surface area contributed by atoms with Crippen molar-refractivity contribution < 1.29 is 27.1 Å². The Labute approximate surface area is 132 Å². The molecular formula is C17H20F4O2. The van der Waals surface area contributed by atoms with Gasteiger partial charge in [0.1, 0.15) is 0 Å². The highest BCUT2D eigenvalue weighted by Crippen LogP contribution is 2.45. The van der Waals surface area contributed by atoms with Crippen molar-refractivity contribution in [2.75, 3.05) is 0 Å². The predicted octanol–water partition coefficient (Wildman–Crippen LogP) is 5.37. The fourth-order valence-electron chi connectivity index (χ4n) is 3.63. The van der Waals surface area contributed by atoms with Crippen molar-refractivity contribution in [3.63, 3.8) is 0 Å². The van der Waals surface area contributed by atoms with E-state index in [0.717, 1.165) is 31.4 Å². The predicted molar refractivity (Wildman–Crippen MR) is 77.7 cm³/mol. The fraction of sp³-hybridized carbons (Fsp3) is 0.588. The summed E-state index contributed by atoms with van der Waals surface area (Å²) in [5.41, 5.74) is -0.129. The summed E-state index contributed by atoms with van der Waals surface area (Å²) in [5, 5.41) is 0. The van der Waals surface area contributed by atoms with Crippen LogP contribution in [0.15, 0.2) is 18.2 Å².